The van der Waals surface area contributed by atoms with Crippen molar-refractivity contribution in [1.29, 1.82) is 0 Å². The Bertz CT molecular complexity index is 673. The molecule has 1 atom stereocenters. The summed E-state index contributed by atoms with van der Waals surface area (Å²) in [4.78, 5) is 29.0. The number of nitrogens with zero attached hydrogens (tertiary/aromatic N) is 2. The molecule has 3 rings (SSSR count). The number of hydrogen-bond acceptors (Lipinski definition) is 4. The van der Waals surface area contributed by atoms with Crippen molar-refractivity contribution >= 4 is 17.6 Å². The summed E-state index contributed by atoms with van der Waals surface area (Å²) >= 11 is 0. The number of amides is 3. The van der Waals surface area contributed by atoms with E-state index in [2.05, 4.69) is 15.5 Å². The SMILES string of the molecule is CNC(=O)c1ccc(C)c(NC(=O)N2CCC[C@@H](CN3CCOCC3)C2)c1. The highest BCUT2D eigenvalue weighted by molar-refractivity contribution is 5.97. The number of benzene rings is 1. The zero-order valence-electron chi connectivity index (χ0n) is 16.3. The zero-order chi connectivity index (χ0) is 19.2. The Morgan fingerprint density at radius 2 is 2.00 bits per heavy atom. The van der Waals surface area contributed by atoms with Crippen LogP contribution in [0.2, 0.25) is 0 Å². The first-order chi connectivity index (χ1) is 13.1. The van der Waals surface area contributed by atoms with Gasteiger partial charge in [0.2, 0.25) is 0 Å². The molecule has 2 fully saturated rings. The number of urea groups is 1. The third kappa shape index (κ3) is 5.20. The number of carbonyl (C=O) groups is 2. The molecular weight excluding hydrogens is 344 g/mol. The maximum absolute atomic E-state index is 12.8. The Balaban J connectivity index is 1.59. The fourth-order valence-electron chi connectivity index (χ4n) is 3.78. The van der Waals surface area contributed by atoms with Crippen molar-refractivity contribution < 1.29 is 14.3 Å². The lowest BCUT2D eigenvalue weighted by Crippen LogP contribution is -2.47. The van der Waals surface area contributed by atoms with E-state index < -0.39 is 0 Å². The van der Waals surface area contributed by atoms with Crippen LogP contribution >= 0.6 is 0 Å². The lowest BCUT2D eigenvalue weighted by Gasteiger charge is -2.36. The molecule has 0 saturated carbocycles. The van der Waals surface area contributed by atoms with Crippen molar-refractivity contribution in [2.75, 3.05) is 58.3 Å². The van der Waals surface area contributed by atoms with Gasteiger partial charge in [0.05, 0.1) is 13.2 Å². The maximum Gasteiger partial charge on any atom is 0.321 e. The molecular formula is C20H30N4O3. The molecule has 0 spiro atoms. The van der Waals surface area contributed by atoms with Crippen LogP contribution in [0.25, 0.3) is 0 Å². The second kappa shape index (κ2) is 9.19. The third-order valence-electron chi connectivity index (χ3n) is 5.39. The van der Waals surface area contributed by atoms with E-state index >= 15 is 0 Å². The molecule has 27 heavy (non-hydrogen) atoms. The summed E-state index contributed by atoms with van der Waals surface area (Å²) in [6.07, 6.45) is 2.19. The van der Waals surface area contributed by atoms with Crippen LogP contribution in [0.1, 0.15) is 28.8 Å². The Kier molecular flexibility index (Phi) is 6.68. The molecule has 0 aromatic heterocycles. The highest BCUT2D eigenvalue weighted by Gasteiger charge is 2.26. The van der Waals surface area contributed by atoms with E-state index in [1.807, 2.05) is 17.9 Å². The normalized spacial score (nSPS) is 21.0. The quantitative estimate of drug-likeness (QED) is 0.845. The molecule has 0 radical (unpaired) electrons. The molecule has 0 aliphatic carbocycles. The molecule has 2 saturated heterocycles. The second-order valence-electron chi connectivity index (χ2n) is 7.41. The Labute approximate surface area is 161 Å². The van der Waals surface area contributed by atoms with Crippen LogP contribution in [0.4, 0.5) is 10.5 Å². The van der Waals surface area contributed by atoms with E-state index in [1.165, 1.54) is 0 Å². The van der Waals surface area contributed by atoms with E-state index in [9.17, 15) is 9.59 Å². The number of nitrogens with one attached hydrogen (secondary N) is 2. The minimum absolute atomic E-state index is 0.0844. The Morgan fingerprint density at radius 1 is 1.22 bits per heavy atom. The Morgan fingerprint density at radius 3 is 2.74 bits per heavy atom. The number of anilines is 1. The number of carbonyl (C=O) groups excluding carboxylic acids is 2. The molecule has 2 aliphatic rings. The third-order valence-corrected chi connectivity index (χ3v) is 5.39. The predicted octanol–water partition coefficient (Wildman–Crippen LogP) is 1.93. The largest absolute Gasteiger partial charge is 0.379 e. The first-order valence-corrected chi connectivity index (χ1v) is 9.75. The zero-order valence-corrected chi connectivity index (χ0v) is 16.3. The van der Waals surface area contributed by atoms with Gasteiger partial charge in [0.15, 0.2) is 0 Å². The van der Waals surface area contributed by atoms with Gasteiger partial charge in [-0.3, -0.25) is 9.69 Å². The molecule has 0 bridgehead atoms. The Hall–Kier alpha value is -2.12. The molecule has 148 valence electrons. The monoisotopic (exact) mass is 374 g/mol. The second-order valence-corrected chi connectivity index (χ2v) is 7.41. The summed E-state index contributed by atoms with van der Waals surface area (Å²) in [5.41, 5.74) is 2.18. The predicted molar refractivity (Wildman–Crippen MR) is 105 cm³/mol. The van der Waals surface area contributed by atoms with Crippen molar-refractivity contribution in [1.82, 2.24) is 15.1 Å². The van der Waals surface area contributed by atoms with E-state index in [-0.39, 0.29) is 11.9 Å². The van der Waals surface area contributed by atoms with Gasteiger partial charge in [0, 0.05) is 51.0 Å². The summed E-state index contributed by atoms with van der Waals surface area (Å²) in [7, 11) is 1.60. The van der Waals surface area contributed by atoms with E-state index in [1.54, 1.807) is 19.2 Å². The molecule has 7 heteroatoms. The number of aryl methyl sites for hydroxylation is 1. The van der Waals surface area contributed by atoms with Crippen molar-refractivity contribution in [3.05, 3.63) is 29.3 Å². The summed E-state index contributed by atoms with van der Waals surface area (Å²) in [5.74, 6) is 0.343. The lowest BCUT2D eigenvalue weighted by molar-refractivity contribution is 0.0252. The van der Waals surface area contributed by atoms with Gasteiger partial charge in [-0.05, 0) is 43.4 Å². The average Bonchev–Trinajstić information content (AvgIpc) is 2.70. The summed E-state index contributed by atoms with van der Waals surface area (Å²) in [6, 6.07) is 5.28. The minimum Gasteiger partial charge on any atom is -0.379 e. The van der Waals surface area contributed by atoms with Crippen molar-refractivity contribution in [2.45, 2.75) is 19.8 Å². The first kappa shape index (κ1) is 19.6. The fourth-order valence-corrected chi connectivity index (χ4v) is 3.78. The van der Waals surface area contributed by atoms with Crippen molar-refractivity contribution in [2.24, 2.45) is 5.92 Å². The van der Waals surface area contributed by atoms with Crippen LogP contribution in [-0.2, 0) is 4.74 Å². The van der Waals surface area contributed by atoms with Crippen LogP contribution in [0.3, 0.4) is 0 Å². The molecule has 1 aromatic rings. The standard InChI is InChI=1S/C20H30N4O3/c1-15-5-6-17(19(25)21-2)12-18(15)22-20(26)24-7-3-4-16(14-24)13-23-8-10-27-11-9-23/h5-6,12,16H,3-4,7-11,13-14H2,1-2H3,(H,21,25)(H,22,26)/t16-/m0/s1. The topological polar surface area (TPSA) is 73.9 Å². The number of morpholine rings is 1. The van der Waals surface area contributed by atoms with Gasteiger partial charge < -0.3 is 20.3 Å². The fraction of sp³-hybridized carbons (Fsp3) is 0.600. The van der Waals surface area contributed by atoms with Crippen LogP contribution in [0.15, 0.2) is 18.2 Å². The first-order valence-electron chi connectivity index (χ1n) is 9.75. The van der Waals surface area contributed by atoms with Crippen molar-refractivity contribution in [3.8, 4) is 0 Å². The smallest absolute Gasteiger partial charge is 0.321 e. The van der Waals surface area contributed by atoms with E-state index in [4.69, 9.17) is 4.74 Å². The summed E-state index contributed by atoms with van der Waals surface area (Å²) < 4.78 is 5.42. The molecule has 3 amide bonds. The number of rotatable bonds is 4. The average molecular weight is 374 g/mol. The number of ether oxygens (including phenoxy) is 1. The summed E-state index contributed by atoms with van der Waals surface area (Å²) in [5, 5.41) is 5.61. The maximum atomic E-state index is 12.8. The minimum atomic E-state index is -0.158. The van der Waals surface area contributed by atoms with Gasteiger partial charge in [0.1, 0.15) is 0 Å². The van der Waals surface area contributed by atoms with Gasteiger partial charge in [-0.15, -0.1) is 0 Å². The van der Waals surface area contributed by atoms with E-state index in [0.29, 0.717) is 17.2 Å². The molecule has 1 aromatic carbocycles. The van der Waals surface area contributed by atoms with Crippen LogP contribution in [-0.4, -0.2) is 74.7 Å². The molecule has 2 N–H and O–H groups in total. The van der Waals surface area contributed by atoms with Gasteiger partial charge in [-0.25, -0.2) is 4.79 Å². The molecule has 0 unspecified atom stereocenters. The highest BCUT2D eigenvalue weighted by atomic mass is 16.5. The van der Waals surface area contributed by atoms with Gasteiger partial charge in [-0.2, -0.15) is 0 Å². The van der Waals surface area contributed by atoms with Crippen LogP contribution in [0.5, 0.6) is 0 Å². The molecule has 7 nitrogen and oxygen atoms in total. The highest BCUT2D eigenvalue weighted by Crippen LogP contribution is 2.21. The lowest BCUT2D eigenvalue weighted by atomic mass is 9.97. The molecule has 2 heterocycles. The number of piperidine rings is 1. The number of hydrogen-bond donors (Lipinski definition) is 2. The van der Waals surface area contributed by atoms with E-state index in [0.717, 1.165) is 64.3 Å². The summed E-state index contributed by atoms with van der Waals surface area (Å²) in [6.45, 7) is 8.08. The van der Waals surface area contributed by atoms with Gasteiger partial charge in [0.25, 0.3) is 5.91 Å². The van der Waals surface area contributed by atoms with Crippen LogP contribution < -0.4 is 10.6 Å². The van der Waals surface area contributed by atoms with Gasteiger partial charge in [-0.1, -0.05) is 6.07 Å². The van der Waals surface area contributed by atoms with Gasteiger partial charge >= 0.3 is 6.03 Å². The molecule has 2 aliphatic heterocycles. The number of likely N-dealkylation sites (tertiary alicyclic amines) is 1. The van der Waals surface area contributed by atoms with Crippen molar-refractivity contribution in [3.63, 3.8) is 0 Å². The van der Waals surface area contributed by atoms with Crippen LogP contribution in [0, 0.1) is 12.8 Å².